The highest BCUT2D eigenvalue weighted by Gasteiger charge is 2.20. The van der Waals surface area contributed by atoms with Gasteiger partial charge in [-0.25, -0.2) is 0 Å². The van der Waals surface area contributed by atoms with Gasteiger partial charge in [0.2, 0.25) is 0 Å². The van der Waals surface area contributed by atoms with E-state index in [1.807, 2.05) is 21.1 Å². The highest BCUT2D eigenvalue weighted by atomic mass is 31.2. The summed E-state index contributed by atoms with van der Waals surface area (Å²) in [6.07, 6.45) is 64.0. The lowest BCUT2D eigenvalue weighted by Gasteiger charge is -2.28. The predicted molar refractivity (Wildman–Crippen MR) is 268 cm³/mol. The molecule has 0 aromatic heterocycles. The predicted octanol–water partition coefficient (Wildman–Crippen LogP) is 14.5. The first-order valence-electron chi connectivity index (χ1n) is 24.6. The van der Waals surface area contributed by atoms with Gasteiger partial charge in [-0.15, -0.1) is 0 Å². The van der Waals surface area contributed by atoms with Crippen molar-refractivity contribution in [3.8, 4) is 0 Å². The lowest BCUT2D eigenvalue weighted by atomic mass is 10.1. The number of allylic oxidation sites excluding steroid dienone is 18. The third-order valence-electron chi connectivity index (χ3n) is 9.81. The number of esters is 1. The van der Waals surface area contributed by atoms with E-state index < -0.39 is 19.9 Å². The molecule has 0 N–H and O–H groups in total. The van der Waals surface area contributed by atoms with E-state index in [0.29, 0.717) is 24.1 Å². The van der Waals surface area contributed by atoms with Crippen LogP contribution >= 0.6 is 7.82 Å². The van der Waals surface area contributed by atoms with Gasteiger partial charge in [0.05, 0.1) is 34.4 Å². The molecule has 8 nitrogen and oxygen atoms in total. The average Bonchev–Trinajstić information content (AvgIpc) is 3.24. The first kappa shape index (κ1) is 60.2. The molecule has 0 aromatic carbocycles. The van der Waals surface area contributed by atoms with Gasteiger partial charge in [-0.05, 0) is 96.3 Å². The molecule has 0 saturated heterocycles. The second-order valence-electron chi connectivity index (χ2n) is 17.1. The maximum atomic E-state index is 12.7. The Bertz CT molecular complexity index is 1370. The summed E-state index contributed by atoms with van der Waals surface area (Å²) in [5, 5.41) is 0. The highest BCUT2D eigenvalue weighted by molar-refractivity contribution is 7.45. The Morgan fingerprint density at radius 1 is 0.508 bits per heavy atom. The van der Waals surface area contributed by atoms with Crippen molar-refractivity contribution in [2.45, 2.75) is 174 Å². The van der Waals surface area contributed by atoms with Crippen molar-refractivity contribution in [3.05, 3.63) is 109 Å². The van der Waals surface area contributed by atoms with E-state index in [-0.39, 0.29) is 26.2 Å². The number of phosphoric acid groups is 1. The SMILES string of the molecule is CC/C=C\C/C=C\C/C=C\C/C=C\C/C=C\C/C=C\C/C=C\CCCC(=O)OC(COCCCCCCCCCC/C=C\C/C=C\CCCCC)COP(=O)([O-])OCC[N+](C)(C)C. The van der Waals surface area contributed by atoms with Gasteiger partial charge in [0.1, 0.15) is 19.3 Å². The van der Waals surface area contributed by atoms with E-state index in [0.717, 1.165) is 77.0 Å². The van der Waals surface area contributed by atoms with Crippen LogP contribution < -0.4 is 4.89 Å². The summed E-state index contributed by atoms with van der Waals surface area (Å²) >= 11 is 0. The zero-order valence-electron chi connectivity index (χ0n) is 40.7. The number of phosphoric ester groups is 1. The Hall–Kier alpha value is -2.84. The van der Waals surface area contributed by atoms with Gasteiger partial charge in [-0.1, -0.05) is 175 Å². The average molecular weight is 898 g/mol. The van der Waals surface area contributed by atoms with E-state index in [4.69, 9.17) is 18.5 Å². The van der Waals surface area contributed by atoms with E-state index in [2.05, 4.69) is 123 Å². The number of hydrogen-bond donors (Lipinski definition) is 0. The van der Waals surface area contributed by atoms with Gasteiger partial charge < -0.3 is 27.9 Å². The van der Waals surface area contributed by atoms with Crippen molar-refractivity contribution >= 4 is 13.8 Å². The molecule has 0 aliphatic heterocycles. The van der Waals surface area contributed by atoms with Crippen LogP contribution in [-0.4, -0.2) is 70.7 Å². The van der Waals surface area contributed by atoms with Crippen molar-refractivity contribution in [3.63, 3.8) is 0 Å². The fraction of sp³-hybridized carbons (Fsp3) is 0.648. The third-order valence-corrected chi connectivity index (χ3v) is 10.8. The number of unbranched alkanes of at least 4 members (excludes halogenated alkanes) is 12. The quantitative estimate of drug-likeness (QED) is 0.0198. The number of likely N-dealkylation sites (N-methyl/N-ethyl adjacent to an activating group) is 1. The zero-order chi connectivity index (χ0) is 46.2. The Kier molecular flexibility index (Phi) is 43.7. The summed E-state index contributed by atoms with van der Waals surface area (Å²) in [6.45, 7) is 5.15. The molecule has 0 saturated carbocycles. The van der Waals surface area contributed by atoms with Gasteiger partial charge in [0.25, 0.3) is 7.82 Å². The number of carbonyl (C=O) groups excluding carboxylic acids is 1. The molecule has 0 rings (SSSR count). The van der Waals surface area contributed by atoms with Crippen molar-refractivity contribution in [1.82, 2.24) is 0 Å². The number of rotatable bonds is 44. The van der Waals surface area contributed by atoms with Gasteiger partial charge in [-0.3, -0.25) is 9.36 Å². The van der Waals surface area contributed by atoms with Gasteiger partial charge >= 0.3 is 5.97 Å². The second-order valence-corrected chi connectivity index (χ2v) is 18.5. The largest absolute Gasteiger partial charge is 0.756 e. The topological polar surface area (TPSA) is 94.1 Å². The molecule has 0 aromatic rings. The monoisotopic (exact) mass is 898 g/mol. The van der Waals surface area contributed by atoms with Crippen LogP contribution in [0.5, 0.6) is 0 Å². The van der Waals surface area contributed by atoms with Crippen LogP contribution in [0.4, 0.5) is 0 Å². The molecule has 0 amide bonds. The van der Waals surface area contributed by atoms with Crippen LogP contribution in [0.1, 0.15) is 168 Å². The number of nitrogens with zero attached hydrogens (tertiary/aromatic N) is 1. The van der Waals surface area contributed by atoms with Crippen LogP contribution in [-0.2, 0) is 27.9 Å². The fourth-order valence-corrected chi connectivity index (χ4v) is 6.76. The molecular weight excluding hydrogens is 806 g/mol. The van der Waals surface area contributed by atoms with Crippen LogP contribution in [0.3, 0.4) is 0 Å². The summed E-state index contributed by atoms with van der Waals surface area (Å²) in [5.74, 6) is -0.398. The van der Waals surface area contributed by atoms with Crippen molar-refractivity contribution in [2.75, 3.05) is 54.1 Å². The molecule has 0 aliphatic rings. The van der Waals surface area contributed by atoms with Crippen molar-refractivity contribution in [2.24, 2.45) is 0 Å². The lowest BCUT2D eigenvalue weighted by molar-refractivity contribution is -0.870. The summed E-state index contributed by atoms with van der Waals surface area (Å²) < 4.78 is 34.6. The number of ether oxygens (including phenoxy) is 2. The molecule has 0 fully saturated rings. The normalized spacial score (nSPS) is 14.6. The summed E-state index contributed by atoms with van der Waals surface area (Å²) in [4.78, 5) is 25.1. The summed E-state index contributed by atoms with van der Waals surface area (Å²) in [5.41, 5.74) is 0. The third kappa shape index (κ3) is 50.0. The van der Waals surface area contributed by atoms with E-state index in [1.165, 1.54) is 64.2 Å². The Labute approximate surface area is 387 Å². The van der Waals surface area contributed by atoms with Crippen molar-refractivity contribution in [1.29, 1.82) is 0 Å². The maximum absolute atomic E-state index is 12.7. The number of quaternary nitrogens is 1. The first-order valence-corrected chi connectivity index (χ1v) is 26.1. The lowest BCUT2D eigenvalue weighted by Crippen LogP contribution is -2.37. The molecule has 2 unspecified atom stereocenters. The number of carbonyl (C=O) groups is 1. The molecule has 63 heavy (non-hydrogen) atoms. The molecule has 360 valence electrons. The number of hydrogen-bond acceptors (Lipinski definition) is 7. The minimum atomic E-state index is -4.56. The Morgan fingerprint density at radius 2 is 0.921 bits per heavy atom. The van der Waals surface area contributed by atoms with Gasteiger partial charge in [-0.2, -0.15) is 0 Å². The van der Waals surface area contributed by atoms with E-state index in [9.17, 15) is 14.3 Å². The van der Waals surface area contributed by atoms with Crippen LogP contribution in [0.2, 0.25) is 0 Å². The highest BCUT2D eigenvalue weighted by Crippen LogP contribution is 2.38. The minimum Gasteiger partial charge on any atom is -0.756 e. The fourth-order valence-electron chi connectivity index (χ4n) is 6.03. The van der Waals surface area contributed by atoms with Gasteiger partial charge in [0, 0.05) is 13.0 Å². The molecule has 0 aliphatic carbocycles. The van der Waals surface area contributed by atoms with E-state index in [1.54, 1.807) is 0 Å². The van der Waals surface area contributed by atoms with Crippen LogP contribution in [0.25, 0.3) is 0 Å². The molecule has 0 heterocycles. The zero-order valence-corrected chi connectivity index (χ0v) is 41.6. The first-order chi connectivity index (χ1) is 30.6. The Morgan fingerprint density at radius 3 is 1.38 bits per heavy atom. The standard InChI is InChI=1S/C54H92NO7P/c1-6-8-10-12-14-16-18-20-22-24-26-27-28-29-30-31-33-35-37-39-41-43-45-47-54(56)62-53(52-61-63(57,58)60-50-48-55(3,4)5)51-59-49-46-44-42-40-38-36-34-32-25-23-21-19-17-15-13-11-9-7-2/h8,10,14-17,20-23,26-27,29-30,33,35,39,41,53H,6-7,9,11-13,18-19,24-25,28,31-32,34,36-38,40,42-52H2,1-5H3/b10-8-,16-14-,17-15-,22-20-,23-21-,27-26-,30-29-,35-33-,41-39-. The maximum Gasteiger partial charge on any atom is 0.306 e. The summed E-state index contributed by atoms with van der Waals surface area (Å²) in [6, 6.07) is 0. The molecule has 0 radical (unpaired) electrons. The minimum absolute atomic E-state index is 0.00749. The van der Waals surface area contributed by atoms with Crippen LogP contribution in [0.15, 0.2) is 109 Å². The molecule has 0 spiro atoms. The molecule has 9 heteroatoms. The smallest absolute Gasteiger partial charge is 0.306 e. The van der Waals surface area contributed by atoms with Crippen molar-refractivity contribution < 1.29 is 37.3 Å². The molecule has 0 bridgehead atoms. The Balaban J connectivity index is 4.33. The van der Waals surface area contributed by atoms with E-state index >= 15 is 0 Å². The molecular formula is C54H92NO7P. The second kappa shape index (κ2) is 45.7. The molecule has 2 atom stereocenters. The van der Waals surface area contributed by atoms with Gasteiger partial charge in [0.15, 0.2) is 0 Å². The van der Waals surface area contributed by atoms with Crippen LogP contribution in [0, 0.1) is 0 Å². The summed E-state index contributed by atoms with van der Waals surface area (Å²) in [7, 11) is 1.30.